The number of aryl methyl sites for hydroxylation is 1. The number of likely N-dealkylation sites (N-methyl/N-ethyl adjacent to an activating group) is 1. The van der Waals surface area contributed by atoms with Crippen molar-refractivity contribution in [3.8, 4) is 11.7 Å². The van der Waals surface area contributed by atoms with Crippen LogP contribution in [0.3, 0.4) is 0 Å². The number of carbonyl (C=O) groups excluding carboxylic acids is 2. The van der Waals surface area contributed by atoms with Crippen LogP contribution < -0.4 is 0 Å². The standard InChI is InChI=1S/C14H14BNO4/c1-11-3-5-12(6-4-11)7-8-15-19-13(17)9-16(2)10-14(18)20-15/h3-6H,9-10H2,1-2H3. The number of benzene rings is 1. The summed E-state index contributed by atoms with van der Waals surface area (Å²) in [5, 5.41) is 0. The summed E-state index contributed by atoms with van der Waals surface area (Å²) >= 11 is 0. The minimum atomic E-state index is -1.15. The van der Waals surface area contributed by atoms with E-state index >= 15 is 0 Å². The number of carbonyl (C=O) groups is 2. The smallest absolute Gasteiger partial charge is 0.487 e. The van der Waals surface area contributed by atoms with E-state index in [0.29, 0.717) is 0 Å². The third-order valence-electron chi connectivity index (χ3n) is 2.66. The van der Waals surface area contributed by atoms with Crippen molar-refractivity contribution >= 4 is 19.1 Å². The Labute approximate surface area is 118 Å². The van der Waals surface area contributed by atoms with E-state index in [1.165, 1.54) is 4.90 Å². The summed E-state index contributed by atoms with van der Waals surface area (Å²) in [4.78, 5) is 24.5. The van der Waals surface area contributed by atoms with Gasteiger partial charge in [-0.1, -0.05) is 23.6 Å². The molecule has 1 saturated heterocycles. The fraction of sp³-hybridized carbons (Fsp3) is 0.286. The van der Waals surface area contributed by atoms with Gasteiger partial charge in [0.25, 0.3) is 0 Å². The van der Waals surface area contributed by atoms with E-state index in [1.807, 2.05) is 31.2 Å². The molecular weight excluding hydrogens is 257 g/mol. The minimum absolute atomic E-state index is 0.0395. The molecule has 0 radical (unpaired) electrons. The molecule has 0 N–H and O–H groups in total. The van der Waals surface area contributed by atoms with Gasteiger partial charge in [0, 0.05) is 5.56 Å². The Morgan fingerprint density at radius 2 is 1.65 bits per heavy atom. The third-order valence-corrected chi connectivity index (χ3v) is 2.66. The van der Waals surface area contributed by atoms with Crippen LogP contribution in [0.15, 0.2) is 24.3 Å². The predicted molar refractivity (Wildman–Crippen MR) is 73.5 cm³/mol. The van der Waals surface area contributed by atoms with Gasteiger partial charge in [0.2, 0.25) is 0 Å². The van der Waals surface area contributed by atoms with Crippen LogP contribution in [0.25, 0.3) is 0 Å². The Morgan fingerprint density at radius 1 is 1.10 bits per heavy atom. The highest BCUT2D eigenvalue weighted by Crippen LogP contribution is 2.02. The highest BCUT2D eigenvalue weighted by molar-refractivity contribution is 6.58. The lowest BCUT2D eigenvalue weighted by Crippen LogP contribution is -2.42. The van der Waals surface area contributed by atoms with Crippen LogP contribution in [-0.4, -0.2) is 44.1 Å². The maximum Gasteiger partial charge on any atom is 0.694 e. The van der Waals surface area contributed by atoms with Crippen molar-refractivity contribution in [2.45, 2.75) is 6.92 Å². The van der Waals surface area contributed by atoms with Gasteiger partial charge in [0.05, 0.1) is 13.1 Å². The zero-order chi connectivity index (χ0) is 14.5. The summed E-state index contributed by atoms with van der Waals surface area (Å²) in [7, 11) is 0.492. The summed E-state index contributed by atoms with van der Waals surface area (Å²) < 4.78 is 9.96. The minimum Gasteiger partial charge on any atom is -0.487 e. The van der Waals surface area contributed by atoms with Crippen molar-refractivity contribution in [2.75, 3.05) is 20.1 Å². The van der Waals surface area contributed by atoms with E-state index in [0.717, 1.165) is 11.1 Å². The first kappa shape index (κ1) is 14.2. The molecule has 0 atom stereocenters. The van der Waals surface area contributed by atoms with E-state index in [1.54, 1.807) is 7.05 Å². The van der Waals surface area contributed by atoms with Gasteiger partial charge in [0.1, 0.15) is 0 Å². The van der Waals surface area contributed by atoms with E-state index in [4.69, 9.17) is 9.31 Å². The van der Waals surface area contributed by atoms with Gasteiger partial charge < -0.3 is 9.31 Å². The molecule has 2 rings (SSSR count). The molecule has 1 aromatic carbocycles. The van der Waals surface area contributed by atoms with Crippen molar-refractivity contribution in [3.63, 3.8) is 0 Å². The van der Waals surface area contributed by atoms with Gasteiger partial charge in [-0.2, -0.15) is 0 Å². The first-order valence-electron chi connectivity index (χ1n) is 6.18. The third kappa shape index (κ3) is 4.14. The molecule has 1 heterocycles. The van der Waals surface area contributed by atoms with Crippen LogP contribution in [0.4, 0.5) is 0 Å². The molecule has 1 aromatic rings. The zero-order valence-corrected chi connectivity index (χ0v) is 11.4. The highest BCUT2D eigenvalue weighted by Gasteiger charge is 2.30. The fourth-order valence-electron chi connectivity index (χ4n) is 1.67. The molecule has 1 fully saturated rings. The first-order chi connectivity index (χ1) is 9.52. The van der Waals surface area contributed by atoms with Gasteiger partial charge in [-0.3, -0.25) is 14.5 Å². The molecular formula is C14H14BNO4. The van der Waals surface area contributed by atoms with Crippen molar-refractivity contribution < 1.29 is 18.9 Å². The Balaban J connectivity index is 2.09. The van der Waals surface area contributed by atoms with E-state index in [2.05, 4.69) is 11.7 Å². The maximum absolute atomic E-state index is 11.5. The SMILES string of the molecule is Cc1ccc(C#CB2OC(=O)CN(C)CC(=O)O2)cc1. The van der Waals surface area contributed by atoms with Gasteiger partial charge >= 0.3 is 19.1 Å². The predicted octanol–water partition coefficient (Wildman–Crippen LogP) is 0.406. The van der Waals surface area contributed by atoms with Gasteiger partial charge in [-0.05, 0) is 31.9 Å². The van der Waals surface area contributed by atoms with Crippen LogP contribution >= 0.6 is 0 Å². The quantitative estimate of drug-likeness (QED) is 0.505. The molecule has 0 saturated carbocycles. The molecule has 20 heavy (non-hydrogen) atoms. The van der Waals surface area contributed by atoms with Gasteiger partial charge in [0.15, 0.2) is 0 Å². The fourth-order valence-corrected chi connectivity index (χ4v) is 1.67. The van der Waals surface area contributed by atoms with Crippen molar-refractivity contribution in [1.82, 2.24) is 4.90 Å². The Hall–Kier alpha value is -2.26. The lowest BCUT2D eigenvalue weighted by Gasteiger charge is -2.20. The molecule has 1 aliphatic heterocycles. The lowest BCUT2D eigenvalue weighted by molar-refractivity contribution is -0.145. The summed E-state index contributed by atoms with van der Waals surface area (Å²) in [5.41, 5.74) is 1.89. The monoisotopic (exact) mass is 271 g/mol. The second-order valence-corrected chi connectivity index (χ2v) is 4.62. The largest absolute Gasteiger partial charge is 0.694 e. The zero-order valence-electron chi connectivity index (χ0n) is 11.4. The molecule has 0 bridgehead atoms. The van der Waals surface area contributed by atoms with E-state index < -0.39 is 19.1 Å². The maximum atomic E-state index is 11.5. The average molecular weight is 271 g/mol. The number of rotatable bonds is 0. The molecule has 0 aromatic heterocycles. The van der Waals surface area contributed by atoms with Gasteiger partial charge in [-0.15, -0.1) is 0 Å². The van der Waals surface area contributed by atoms with Crippen LogP contribution in [0.2, 0.25) is 0 Å². The summed E-state index contributed by atoms with van der Waals surface area (Å²) in [6, 6.07) is 7.55. The number of hydrogen-bond acceptors (Lipinski definition) is 5. The molecule has 5 nitrogen and oxygen atoms in total. The Morgan fingerprint density at radius 3 is 2.20 bits per heavy atom. The Kier molecular flexibility index (Phi) is 4.43. The van der Waals surface area contributed by atoms with Crippen LogP contribution in [0, 0.1) is 18.7 Å². The van der Waals surface area contributed by atoms with Gasteiger partial charge in [-0.25, -0.2) is 0 Å². The van der Waals surface area contributed by atoms with Crippen LogP contribution in [0.1, 0.15) is 11.1 Å². The molecule has 0 spiro atoms. The molecule has 6 heteroatoms. The Bertz CT molecular complexity index is 553. The summed E-state index contributed by atoms with van der Waals surface area (Å²) in [6.45, 7) is 2.06. The topological polar surface area (TPSA) is 55.8 Å². The second kappa shape index (κ2) is 6.26. The number of nitrogens with zero attached hydrogens (tertiary/aromatic N) is 1. The number of hydrogen-bond donors (Lipinski definition) is 0. The summed E-state index contributed by atoms with van der Waals surface area (Å²) in [6.07, 6.45) is 0. The molecule has 0 aliphatic carbocycles. The van der Waals surface area contributed by atoms with Crippen LogP contribution in [-0.2, 0) is 18.9 Å². The molecule has 102 valence electrons. The second-order valence-electron chi connectivity index (χ2n) is 4.62. The van der Waals surface area contributed by atoms with Crippen molar-refractivity contribution in [1.29, 1.82) is 0 Å². The molecule has 0 unspecified atom stereocenters. The average Bonchev–Trinajstić information content (AvgIpc) is 2.35. The summed E-state index contributed by atoms with van der Waals surface area (Å²) in [5.74, 6) is 4.53. The normalized spacial score (nSPS) is 16.4. The van der Waals surface area contributed by atoms with Crippen molar-refractivity contribution in [2.24, 2.45) is 0 Å². The van der Waals surface area contributed by atoms with Crippen LogP contribution in [0.5, 0.6) is 0 Å². The first-order valence-corrected chi connectivity index (χ1v) is 6.18. The molecule has 1 aliphatic rings. The van der Waals surface area contributed by atoms with Crippen molar-refractivity contribution in [3.05, 3.63) is 35.4 Å². The highest BCUT2D eigenvalue weighted by atomic mass is 16.6. The lowest BCUT2D eigenvalue weighted by atomic mass is 9.90. The van der Waals surface area contributed by atoms with E-state index in [-0.39, 0.29) is 13.1 Å². The van der Waals surface area contributed by atoms with E-state index in [9.17, 15) is 9.59 Å². The molecule has 0 amide bonds.